The van der Waals surface area contributed by atoms with Crippen molar-refractivity contribution in [3.8, 4) is 0 Å². The van der Waals surface area contributed by atoms with Crippen molar-refractivity contribution in [3.05, 3.63) is 18.2 Å². The van der Waals surface area contributed by atoms with Crippen molar-refractivity contribution >= 4 is 0 Å². The normalized spacial score (nSPS) is 21.6. The Morgan fingerprint density at radius 1 is 1.71 bits per heavy atom. The van der Waals surface area contributed by atoms with Gasteiger partial charge in [0.15, 0.2) is 0 Å². The SMILES string of the molecule is Cn1ccnc1CNC[C@@H]1CCCO1. The van der Waals surface area contributed by atoms with Crippen molar-refractivity contribution in [1.82, 2.24) is 14.9 Å². The lowest BCUT2D eigenvalue weighted by molar-refractivity contribution is 0.109. The highest BCUT2D eigenvalue weighted by Gasteiger charge is 2.14. The number of aryl methyl sites for hydroxylation is 1. The smallest absolute Gasteiger partial charge is 0.122 e. The summed E-state index contributed by atoms with van der Waals surface area (Å²) in [5.41, 5.74) is 0. The number of imidazole rings is 1. The summed E-state index contributed by atoms with van der Waals surface area (Å²) < 4.78 is 7.54. The van der Waals surface area contributed by atoms with E-state index in [1.807, 2.05) is 24.0 Å². The van der Waals surface area contributed by atoms with E-state index in [1.54, 1.807) is 0 Å². The van der Waals surface area contributed by atoms with Gasteiger partial charge in [-0.15, -0.1) is 0 Å². The highest BCUT2D eigenvalue weighted by Crippen LogP contribution is 2.10. The van der Waals surface area contributed by atoms with Gasteiger partial charge in [0.1, 0.15) is 5.82 Å². The Morgan fingerprint density at radius 3 is 3.29 bits per heavy atom. The predicted molar refractivity (Wildman–Crippen MR) is 53.9 cm³/mol. The fraction of sp³-hybridized carbons (Fsp3) is 0.700. The maximum atomic E-state index is 5.51. The van der Waals surface area contributed by atoms with Crippen LogP contribution >= 0.6 is 0 Å². The van der Waals surface area contributed by atoms with Gasteiger partial charge >= 0.3 is 0 Å². The molecule has 1 aromatic rings. The molecule has 4 nitrogen and oxygen atoms in total. The van der Waals surface area contributed by atoms with Crippen molar-refractivity contribution < 1.29 is 4.74 Å². The third-order valence-electron chi connectivity index (χ3n) is 2.60. The lowest BCUT2D eigenvalue weighted by Crippen LogP contribution is -2.26. The van der Waals surface area contributed by atoms with Gasteiger partial charge < -0.3 is 14.6 Å². The van der Waals surface area contributed by atoms with Crippen molar-refractivity contribution in [3.63, 3.8) is 0 Å². The molecule has 0 aliphatic carbocycles. The average molecular weight is 195 g/mol. The average Bonchev–Trinajstić information content (AvgIpc) is 2.78. The molecule has 0 amide bonds. The van der Waals surface area contributed by atoms with E-state index in [4.69, 9.17) is 4.74 Å². The minimum absolute atomic E-state index is 0.412. The van der Waals surface area contributed by atoms with Gasteiger partial charge in [-0.2, -0.15) is 0 Å². The summed E-state index contributed by atoms with van der Waals surface area (Å²) in [5, 5.41) is 3.36. The third kappa shape index (κ3) is 2.33. The first-order valence-electron chi connectivity index (χ1n) is 5.15. The highest BCUT2D eigenvalue weighted by molar-refractivity contribution is 4.90. The Bertz CT molecular complexity index is 279. The van der Waals surface area contributed by atoms with E-state index in [2.05, 4.69) is 10.3 Å². The maximum absolute atomic E-state index is 5.51. The van der Waals surface area contributed by atoms with E-state index in [0.717, 1.165) is 25.5 Å². The van der Waals surface area contributed by atoms with E-state index in [-0.39, 0.29) is 0 Å². The van der Waals surface area contributed by atoms with E-state index in [0.29, 0.717) is 6.10 Å². The summed E-state index contributed by atoms with van der Waals surface area (Å²) in [6.07, 6.45) is 6.59. The van der Waals surface area contributed by atoms with Crippen LogP contribution < -0.4 is 5.32 Å². The van der Waals surface area contributed by atoms with Gasteiger partial charge in [-0.3, -0.25) is 0 Å². The second-order valence-corrected chi connectivity index (χ2v) is 3.72. The number of hydrogen-bond acceptors (Lipinski definition) is 3. The van der Waals surface area contributed by atoms with Crippen molar-refractivity contribution in [2.75, 3.05) is 13.2 Å². The van der Waals surface area contributed by atoms with E-state index >= 15 is 0 Å². The summed E-state index contributed by atoms with van der Waals surface area (Å²) in [4.78, 5) is 4.24. The standard InChI is InChI=1S/C10H17N3O/c1-13-5-4-12-10(13)8-11-7-9-3-2-6-14-9/h4-5,9,11H,2-3,6-8H2,1H3/t9-/m0/s1. The molecule has 1 aliphatic heterocycles. The zero-order chi connectivity index (χ0) is 9.80. The molecule has 0 unspecified atom stereocenters. The first-order chi connectivity index (χ1) is 6.86. The molecule has 0 bridgehead atoms. The van der Waals surface area contributed by atoms with E-state index < -0.39 is 0 Å². The van der Waals surface area contributed by atoms with Gasteiger partial charge in [0.25, 0.3) is 0 Å². The number of hydrogen-bond donors (Lipinski definition) is 1. The van der Waals surface area contributed by atoms with Crippen LogP contribution in [-0.2, 0) is 18.3 Å². The molecule has 1 fully saturated rings. The van der Waals surface area contributed by atoms with Crippen molar-refractivity contribution in [2.45, 2.75) is 25.5 Å². The Balaban J connectivity index is 1.70. The van der Waals surface area contributed by atoms with E-state index in [1.165, 1.54) is 12.8 Å². The monoisotopic (exact) mass is 195 g/mol. The topological polar surface area (TPSA) is 39.1 Å². The van der Waals surface area contributed by atoms with Gasteiger partial charge in [-0.1, -0.05) is 0 Å². The van der Waals surface area contributed by atoms with Gasteiger partial charge in [0.2, 0.25) is 0 Å². The fourth-order valence-electron chi connectivity index (χ4n) is 1.72. The van der Waals surface area contributed by atoms with Gasteiger partial charge in [0.05, 0.1) is 12.6 Å². The molecule has 1 atom stereocenters. The largest absolute Gasteiger partial charge is 0.377 e. The van der Waals surface area contributed by atoms with E-state index in [9.17, 15) is 0 Å². The number of rotatable bonds is 4. The molecular weight excluding hydrogens is 178 g/mol. The Kier molecular flexibility index (Phi) is 3.16. The zero-order valence-corrected chi connectivity index (χ0v) is 8.57. The lowest BCUT2D eigenvalue weighted by Gasteiger charge is -2.10. The molecule has 1 saturated heterocycles. The lowest BCUT2D eigenvalue weighted by atomic mass is 10.2. The summed E-state index contributed by atoms with van der Waals surface area (Å²) in [7, 11) is 2.01. The fourth-order valence-corrected chi connectivity index (χ4v) is 1.72. The Morgan fingerprint density at radius 2 is 2.64 bits per heavy atom. The number of ether oxygens (including phenoxy) is 1. The van der Waals surface area contributed by atoms with Gasteiger partial charge in [-0.05, 0) is 12.8 Å². The number of nitrogens with zero attached hydrogens (tertiary/aromatic N) is 2. The van der Waals surface area contributed by atoms with Gasteiger partial charge in [-0.25, -0.2) is 4.98 Å². The molecule has 1 aliphatic rings. The first kappa shape index (κ1) is 9.68. The molecule has 2 heterocycles. The Hall–Kier alpha value is -0.870. The summed E-state index contributed by atoms with van der Waals surface area (Å²) in [5.74, 6) is 1.07. The molecule has 0 radical (unpaired) electrons. The predicted octanol–water partition coefficient (Wildman–Crippen LogP) is 0.689. The van der Waals surface area contributed by atoms with Crippen LogP contribution in [-0.4, -0.2) is 28.8 Å². The number of nitrogens with one attached hydrogen (secondary N) is 1. The second-order valence-electron chi connectivity index (χ2n) is 3.72. The van der Waals surface area contributed by atoms with Crippen LogP contribution in [0.4, 0.5) is 0 Å². The highest BCUT2D eigenvalue weighted by atomic mass is 16.5. The molecular formula is C10H17N3O. The zero-order valence-electron chi connectivity index (χ0n) is 8.57. The molecule has 0 saturated carbocycles. The van der Waals surface area contributed by atoms with Crippen LogP contribution in [0.5, 0.6) is 0 Å². The molecule has 1 N–H and O–H groups in total. The van der Waals surface area contributed by atoms with Crippen LogP contribution in [0.3, 0.4) is 0 Å². The molecule has 2 rings (SSSR count). The van der Waals surface area contributed by atoms with Crippen molar-refractivity contribution in [2.24, 2.45) is 7.05 Å². The van der Waals surface area contributed by atoms with Crippen LogP contribution in [0.15, 0.2) is 12.4 Å². The summed E-state index contributed by atoms with van der Waals surface area (Å²) >= 11 is 0. The Labute approximate surface area is 84.3 Å². The van der Waals surface area contributed by atoms with Crippen LogP contribution in [0, 0.1) is 0 Å². The third-order valence-corrected chi connectivity index (χ3v) is 2.60. The molecule has 78 valence electrons. The molecule has 1 aromatic heterocycles. The molecule has 4 heteroatoms. The summed E-state index contributed by atoms with van der Waals surface area (Å²) in [6.45, 7) is 2.69. The van der Waals surface area contributed by atoms with Crippen LogP contribution in [0.25, 0.3) is 0 Å². The quantitative estimate of drug-likeness (QED) is 0.768. The second kappa shape index (κ2) is 4.57. The number of aromatic nitrogens is 2. The summed E-state index contributed by atoms with van der Waals surface area (Å²) in [6, 6.07) is 0. The molecule has 14 heavy (non-hydrogen) atoms. The molecule has 0 spiro atoms. The van der Waals surface area contributed by atoms with Crippen molar-refractivity contribution in [1.29, 1.82) is 0 Å². The molecule has 0 aromatic carbocycles. The van der Waals surface area contributed by atoms with Gasteiger partial charge in [0, 0.05) is 32.6 Å². The maximum Gasteiger partial charge on any atom is 0.122 e. The minimum atomic E-state index is 0.412. The van der Waals surface area contributed by atoms with Crippen LogP contribution in [0.2, 0.25) is 0 Å². The van der Waals surface area contributed by atoms with Crippen LogP contribution in [0.1, 0.15) is 18.7 Å². The minimum Gasteiger partial charge on any atom is -0.377 e. The first-order valence-corrected chi connectivity index (χ1v) is 5.15.